The van der Waals surface area contributed by atoms with Gasteiger partial charge in [-0.3, -0.25) is 10.1 Å². The van der Waals surface area contributed by atoms with Gasteiger partial charge in [-0.05, 0) is 57.7 Å². The van der Waals surface area contributed by atoms with Crippen LogP contribution in [0.5, 0.6) is 5.75 Å². The van der Waals surface area contributed by atoms with E-state index in [4.69, 9.17) is 0 Å². The lowest BCUT2D eigenvalue weighted by molar-refractivity contribution is 0.00197. The molecule has 0 spiro atoms. The molecule has 174 valence electrons. The number of nitrogens with one attached hydrogen (secondary N) is 2. The van der Waals surface area contributed by atoms with Crippen LogP contribution in [0, 0.1) is 5.82 Å². The third-order valence-electron chi connectivity index (χ3n) is 7.27. The quantitative estimate of drug-likeness (QED) is 0.547. The highest BCUT2D eigenvalue weighted by Gasteiger charge is 2.53. The van der Waals surface area contributed by atoms with Gasteiger partial charge < -0.3 is 15.3 Å². The number of rotatable bonds is 4. The van der Waals surface area contributed by atoms with E-state index in [0.29, 0.717) is 23.6 Å². The van der Waals surface area contributed by atoms with Crippen molar-refractivity contribution in [3.63, 3.8) is 0 Å². The van der Waals surface area contributed by atoms with E-state index in [2.05, 4.69) is 32.4 Å². The number of hydrogen-bond donors (Lipinski definition) is 3. The summed E-state index contributed by atoms with van der Waals surface area (Å²) in [6.07, 6.45) is 7.00. The summed E-state index contributed by atoms with van der Waals surface area (Å²) >= 11 is 0. The molecule has 1 aromatic carbocycles. The number of hydrogen-bond acceptors (Lipinski definition) is 6. The summed E-state index contributed by atoms with van der Waals surface area (Å²) in [7, 11) is 1.84. The second-order valence-electron chi connectivity index (χ2n) is 9.82. The summed E-state index contributed by atoms with van der Waals surface area (Å²) in [5.41, 5.74) is 0.575. The molecule has 0 unspecified atom stereocenters. The number of aromatic nitrogens is 4. The molecule has 4 heterocycles. The maximum Gasteiger partial charge on any atom is 0.147 e. The smallest absolute Gasteiger partial charge is 0.147 e. The van der Waals surface area contributed by atoms with Crippen molar-refractivity contribution >= 4 is 5.82 Å². The molecule has 0 saturated carbocycles. The maximum atomic E-state index is 15.6. The molecule has 2 aromatic heterocycles. The first kappa shape index (κ1) is 21.8. The average Bonchev–Trinajstić information content (AvgIpc) is 3.32. The number of alkyl halides is 1. The molecule has 0 amide bonds. The lowest BCUT2D eigenvalue weighted by atomic mass is 9.68. The summed E-state index contributed by atoms with van der Waals surface area (Å²) < 4.78 is 30.3. The molecule has 0 aliphatic carbocycles. The van der Waals surface area contributed by atoms with Gasteiger partial charge in [-0.1, -0.05) is 0 Å². The molecule has 33 heavy (non-hydrogen) atoms. The van der Waals surface area contributed by atoms with Gasteiger partial charge in [0, 0.05) is 35.4 Å². The second kappa shape index (κ2) is 7.76. The van der Waals surface area contributed by atoms with Crippen LogP contribution in [-0.4, -0.2) is 55.6 Å². The van der Waals surface area contributed by atoms with Crippen LogP contribution >= 0.6 is 0 Å². The largest absolute Gasteiger partial charge is 0.507 e. The molecule has 2 saturated heterocycles. The fraction of sp³-hybridized carbons (Fsp3) is 0.458. The number of fused-ring (bicyclic) bond motifs is 2. The number of nitrogens with zero attached hydrogens (tertiary/aromatic N) is 4. The van der Waals surface area contributed by atoms with Crippen LogP contribution in [0.4, 0.5) is 14.6 Å². The third-order valence-corrected chi connectivity index (χ3v) is 7.27. The summed E-state index contributed by atoms with van der Waals surface area (Å²) in [5, 5.41) is 20.5. The van der Waals surface area contributed by atoms with Gasteiger partial charge in [-0.15, -0.1) is 0 Å². The first-order valence-corrected chi connectivity index (χ1v) is 11.2. The third kappa shape index (κ3) is 3.74. The summed E-state index contributed by atoms with van der Waals surface area (Å²) in [5.74, 6) is -0.0991. The van der Waals surface area contributed by atoms with E-state index in [1.54, 1.807) is 12.3 Å². The molecule has 7 nitrogen and oxygen atoms in total. The van der Waals surface area contributed by atoms with E-state index in [-0.39, 0.29) is 28.5 Å². The summed E-state index contributed by atoms with van der Waals surface area (Å²) in [6, 6.07) is 3.85. The van der Waals surface area contributed by atoms with Gasteiger partial charge in [0.1, 0.15) is 23.6 Å². The minimum atomic E-state index is -1.05. The number of anilines is 1. The van der Waals surface area contributed by atoms with Crippen molar-refractivity contribution in [2.45, 2.75) is 62.8 Å². The fourth-order valence-corrected chi connectivity index (χ4v) is 5.53. The molecule has 2 aliphatic heterocycles. The predicted octanol–water partition coefficient (Wildman–Crippen LogP) is 4.22. The Bertz CT molecular complexity index is 1150. The first-order chi connectivity index (χ1) is 15.7. The number of phenolic OH excluding ortho intramolecular Hbond substituents is 1. The second-order valence-corrected chi connectivity index (χ2v) is 9.82. The molecule has 2 bridgehead atoms. The topological polar surface area (TPSA) is 90.0 Å². The molecule has 9 heteroatoms. The molecular formula is C24H28F2N6O. The van der Waals surface area contributed by atoms with E-state index in [9.17, 15) is 9.50 Å². The van der Waals surface area contributed by atoms with Gasteiger partial charge in [-0.25, -0.2) is 13.8 Å². The molecular weight excluding hydrogens is 426 g/mol. The van der Waals surface area contributed by atoms with Crippen LogP contribution in [0.3, 0.4) is 0 Å². The van der Waals surface area contributed by atoms with Crippen LogP contribution in [0.25, 0.3) is 22.5 Å². The Balaban J connectivity index is 1.40. The summed E-state index contributed by atoms with van der Waals surface area (Å²) in [6.45, 7) is 4.13. The van der Waals surface area contributed by atoms with Crippen LogP contribution in [0.2, 0.25) is 0 Å². The maximum absolute atomic E-state index is 15.6. The Morgan fingerprint density at radius 1 is 1.15 bits per heavy atom. The zero-order chi connectivity index (χ0) is 23.4. The Morgan fingerprint density at radius 3 is 2.67 bits per heavy atom. The average molecular weight is 455 g/mol. The Morgan fingerprint density at radius 2 is 1.97 bits per heavy atom. The molecule has 4 atom stereocenters. The van der Waals surface area contributed by atoms with E-state index < -0.39 is 17.5 Å². The number of aromatic amines is 1. The van der Waals surface area contributed by atoms with Gasteiger partial charge in [0.2, 0.25) is 0 Å². The van der Waals surface area contributed by atoms with Gasteiger partial charge in [0.15, 0.2) is 0 Å². The molecule has 0 radical (unpaired) electrons. The zero-order valence-corrected chi connectivity index (χ0v) is 18.9. The lowest BCUT2D eigenvalue weighted by Gasteiger charge is -2.56. The van der Waals surface area contributed by atoms with Crippen molar-refractivity contribution in [1.82, 2.24) is 25.5 Å². The number of aromatic hydroxyl groups is 1. The van der Waals surface area contributed by atoms with Crippen LogP contribution < -0.4 is 10.2 Å². The Kier molecular flexibility index (Phi) is 5.12. The summed E-state index contributed by atoms with van der Waals surface area (Å²) in [4.78, 5) is 10.7. The Hall–Kier alpha value is -3.07. The fourth-order valence-electron chi connectivity index (χ4n) is 5.53. The molecule has 2 fully saturated rings. The lowest BCUT2D eigenvalue weighted by Crippen LogP contribution is -2.72. The normalized spacial score (nSPS) is 29.1. The van der Waals surface area contributed by atoms with Gasteiger partial charge in [0.25, 0.3) is 0 Å². The van der Waals surface area contributed by atoms with E-state index in [0.717, 1.165) is 19.3 Å². The van der Waals surface area contributed by atoms with Crippen molar-refractivity contribution in [2.75, 3.05) is 11.9 Å². The van der Waals surface area contributed by atoms with Crippen molar-refractivity contribution in [1.29, 1.82) is 0 Å². The number of piperidine rings is 2. The van der Waals surface area contributed by atoms with Gasteiger partial charge in [0.05, 0.1) is 29.8 Å². The highest BCUT2D eigenvalue weighted by molar-refractivity contribution is 5.73. The number of phenols is 1. The van der Waals surface area contributed by atoms with Crippen molar-refractivity contribution in [3.05, 3.63) is 42.6 Å². The number of H-pyrrole nitrogens is 1. The van der Waals surface area contributed by atoms with Crippen molar-refractivity contribution < 1.29 is 13.9 Å². The number of benzene rings is 1. The SMILES string of the molecule is CN(c1cnc(-c2cc(F)c(-c3ccn[nH]3)cc2O)cn1)[C@@H]1C[C@@]2(C)CCC[C@](C)(N2)[C@@H]1F. The van der Waals surface area contributed by atoms with Crippen molar-refractivity contribution in [3.8, 4) is 28.3 Å². The van der Waals surface area contributed by atoms with Crippen LogP contribution in [0.15, 0.2) is 36.8 Å². The van der Waals surface area contributed by atoms with E-state index >= 15 is 4.39 Å². The molecule has 3 aromatic rings. The molecule has 3 N–H and O–H groups in total. The predicted molar refractivity (Wildman–Crippen MR) is 122 cm³/mol. The Labute approximate surface area is 191 Å². The van der Waals surface area contributed by atoms with E-state index in [1.807, 2.05) is 18.9 Å². The van der Waals surface area contributed by atoms with Gasteiger partial charge in [-0.2, -0.15) is 5.10 Å². The number of halogens is 2. The van der Waals surface area contributed by atoms with Crippen LogP contribution in [0.1, 0.15) is 39.5 Å². The minimum absolute atomic E-state index is 0.110. The standard InChI is InChI=1S/C24H28F2N6O/c1-23-6-4-7-24(2,31-23)22(26)19(11-23)32(3)21-13-27-18(12-28-21)15-9-16(25)14(10-20(15)33)17-5-8-29-30-17/h5,8-10,12-13,19,22,31,33H,4,6-7,11H2,1-3H3,(H,29,30)/t19-,22-,23-,24+/m1/s1. The molecule has 5 rings (SSSR count). The monoisotopic (exact) mass is 454 g/mol. The van der Waals surface area contributed by atoms with Crippen molar-refractivity contribution in [2.24, 2.45) is 0 Å². The molecule has 2 aliphatic rings. The first-order valence-electron chi connectivity index (χ1n) is 11.2. The minimum Gasteiger partial charge on any atom is -0.507 e. The zero-order valence-electron chi connectivity index (χ0n) is 18.9. The van der Waals surface area contributed by atoms with E-state index in [1.165, 1.54) is 24.5 Å². The highest BCUT2D eigenvalue weighted by Crippen LogP contribution is 2.43. The van der Waals surface area contributed by atoms with Gasteiger partial charge >= 0.3 is 0 Å². The highest BCUT2D eigenvalue weighted by atomic mass is 19.1. The van der Waals surface area contributed by atoms with Crippen LogP contribution in [-0.2, 0) is 0 Å².